The minimum atomic E-state index is -0.205. The summed E-state index contributed by atoms with van der Waals surface area (Å²) in [6, 6.07) is 7.01. The van der Waals surface area contributed by atoms with Crippen LogP contribution in [0.4, 0.5) is 10.1 Å². The van der Waals surface area contributed by atoms with E-state index in [2.05, 4.69) is 5.32 Å². The van der Waals surface area contributed by atoms with Gasteiger partial charge in [-0.3, -0.25) is 0 Å². The topological polar surface area (TPSA) is 32.3 Å². The van der Waals surface area contributed by atoms with E-state index in [1.54, 1.807) is 12.1 Å². The van der Waals surface area contributed by atoms with Crippen LogP contribution in [0, 0.1) is 5.82 Å². The van der Waals surface area contributed by atoms with Gasteiger partial charge < -0.3 is 10.4 Å². The minimum absolute atomic E-state index is 0.163. The average Bonchev–Trinajstić information content (AvgIpc) is 2.25. The second kappa shape index (κ2) is 4.62. The Morgan fingerprint density at radius 3 is 2.47 bits per heavy atom. The Morgan fingerprint density at radius 2 is 1.80 bits per heavy atom. The van der Waals surface area contributed by atoms with Gasteiger partial charge in [0.25, 0.3) is 0 Å². The first-order valence-electron chi connectivity index (χ1n) is 5.45. The van der Waals surface area contributed by atoms with Crippen molar-refractivity contribution in [2.75, 3.05) is 5.32 Å². The smallest absolute Gasteiger partial charge is 0.146 e. The Morgan fingerprint density at radius 1 is 1.13 bits per heavy atom. The molecule has 1 aromatic carbocycles. The number of para-hydroxylation sites is 1. The van der Waals surface area contributed by atoms with Gasteiger partial charge in [0.15, 0.2) is 0 Å². The number of hydrogen-bond donors (Lipinski definition) is 2. The summed E-state index contributed by atoms with van der Waals surface area (Å²) in [6.45, 7) is 0. The number of benzene rings is 1. The van der Waals surface area contributed by atoms with Crippen LogP contribution in [0.25, 0.3) is 0 Å². The first-order chi connectivity index (χ1) is 7.25. The molecule has 1 aliphatic rings. The summed E-state index contributed by atoms with van der Waals surface area (Å²) < 4.78 is 13.3. The highest BCUT2D eigenvalue weighted by molar-refractivity contribution is 5.45. The van der Waals surface area contributed by atoms with Crippen LogP contribution in [-0.4, -0.2) is 17.3 Å². The third-order valence-corrected chi connectivity index (χ3v) is 2.93. The summed E-state index contributed by atoms with van der Waals surface area (Å²) in [7, 11) is 0. The summed E-state index contributed by atoms with van der Waals surface area (Å²) in [5.41, 5.74) is 0.568. The molecular formula is C12H16FNO. The molecule has 0 atom stereocenters. The third-order valence-electron chi connectivity index (χ3n) is 2.93. The molecule has 0 saturated heterocycles. The van der Waals surface area contributed by atoms with Crippen LogP contribution in [0.3, 0.4) is 0 Å². The third kappa shape index (κ3) is 2.69. The fraction of sp³-hybridized carbons (Fsp3) is 0.500. The van der Waals surface area contributed by atoms with E-state index in [1.807, 2.05) is 6.07 Å². The average molecular weight is 209 g/mol. The lowest BCUT2D eigenvalue weighted by Crippen LogP contribution is -2.28. The molecule has 0 bridgehead atoms. The zero-order valence-electron chi connectivity index (χ0n) is 8.62. The summed E-state index contributed by atoms with van der Waals surface area (Å²) in [5.74, 6) is -0.205. The SMILES string of the molecule is OC1CCC(Nc2ccccc2F)CC1. The van der Waals surface area contributed by atoms with Crippen LogP contribution in [0.1, 0.15) is 25.7 Å². The van der Waals surface area contributed by atoms with Gasteiger partial charge in [-0.15, -0.1) is 0 Å². The van der Waals surface area contributed by atoms with E-state index >= 15 is 0 Å². The van der Waals surface area contributed by atoms with Crippen molar-refractivity contribution in [2.45, 2.75) is 37.8 Å². The second-order valence-corrected chi connectivity index (χ2v) is 4.13. The number of hydrogen-bond acceptors (Lipinski definition) is 2. The second-order valence-electron chi connectivity index (χ2n) is 4.13. The Kier molecular flexibility index (Phi) is 3.21. The van der Waals surface area contributed by atoms with Gasteiger partial charge in [0.05, 0.1) is 11.8 Å². The van der Waals surface area contributed by atoms with Crippen molar-refractivity contribution in [1.29, 1.82) is 0 Å². The van der Waals surface area contributed by atoms with Gasteiger partial charge in [-0.25, -0.2) is 4.39 Å². The maximum atomic E-state index is 13.3. The van der Waals surface area contributed by atoms with Gasteiger partial charge in [0.1, 0.15) is 5.82 Å². The molecule has 1 aliphatic carbocycles. The quantitative estimate of drug-likeness (QED) is 0.784. The molecule has 1 aromatic rings. The maximum Gasteiger partial charge on any atom is 0.146 e. The standard InChI is InChI=1S/C12H16FNO/c13-11-3-1-2-4-12(11)14-9-5-7-10(15)8-6-9/h1-4,9-10,14-15H,5-8H2. The number of halogens is 1. The molecule has 0 aromatic heterocycles. The summed E-state index contributed by atoms with van der Waals surface area (Å²) >= 11 is 0. The van der Waals surface area contributed by atoms with Crippen molar-refractivity contribution >= 4 is 5.69 Å². The predicted molar refractivity (Wildman–Crippen MR) is 58.3 cm³/mol. The molecule has 0 aliphatic heterocycles. The number of aliphatic hydroxyl groups is 1. The van der Waals surface area contributed by atoms with Gasteiger partial charge in [-0.1, -0.05) is 12.1 Å². The molecule has 2 nitrogen and oxygen atoms in total. The first-order valence-corrected chi connectivity index (χ1v) is 5.45. The van der Waals surface area contributed by atoms with Crippen molar-refractivity contribution in [1.82, 2.24) is 0 Å². The highest BCUT2D eigenvalue weighted by Crippen LogP contribution is 2.23. The first kappa shape index (κ1) is 10.4. The van der Waals surface area contributed by atoms with Crippen LogP contribution >= 0.6 is 0 Å². The van der Waals surface area contributed by atoms with E-state index in [4.69, 9.17) is 0 Å². The molecule has 82 valence electrons. The van der Waals surface area contributed by atoms with Crippen molar-refractivity contribution < 1.29 is 9.50 Å². The normalized spacial score (nSPS) is 26.3. The number of aliphatic hydroxyl groups excluding tert-OH is 1. The lowest BCUT2D eigenvalue weighted by atomic mass is 9.93. The van der Waals surface area contributed by atoms with Crippen LogP contribution in [-0.2, 0) is 0 Å². The lowest BCUT2D eigenvalue weighted by molar-refractivity contribution is 0.126. The molecule has 2 N–H and O–H groups in total. The minimum Gasteiger partial charge on any atom is -0.393 e. The molecule has 0 spiro atoms. The highest BCUT2D eigenvalue weighted by atomic mass is 19.1. The number of anilines is 1. The molecule has 2 rings (SSSR count). The van der Waals surface area contributed by atoms with Gasteiger partial charge in [-0.05, 0) is 37.8 Å². The van der Waals surface area contributed by atoms with Gasteiger partial charge in [0.2, 0.25) is 0 Å². The van der Waals surface area contributed by atoms with Gasteiger partial charge in [0, 0.05) is 6.04 Å². The van der Waals surface area contributed by atoms with Crippen LogP contribution in [0.15, 0.2) is 24.3 Å². The Balaban J connectivity index is 1.95. The summed E-state index contributed by atoms with van der Waals surface area (Å²) in [4.78, 5) is 0. The molecule has 3 heteroatoms. The van der Waals surface area contributed by atoms with E-state index < -0.39 is 0 Å². The van der Waals surface area contributed by atoms with E-state index in [1.165, 1.54) is 6.07 Å². The molecule has 1 saturated carbocycles. The van der Waals surface area contributed by atoms with Crippen LogP contribution in [0.2, 0.25) is 0 Å². The van der Waals surface area contributed by atoms with E-state index in [-0.39, 0.29) is 11.9 Å². The summed E-state index contributed by atoms with van der Waals surface area (Å²) in [6.07, 6.45) is 3.28. The van der Waals surface area contributed by atoms with E-state index in [0.717, 1.165) is 25.7 Å². The van der Waals surface area contributed by atoms with Crippen molar-refractivity contribution in [3.05, 3.63) is 30.1 Å². The Hall–Kier alpha value is -1.09. The van der Waals surface area contributed by atoms with E-state index in [0.29, 0.717) is 11.7 Å². The molecule has 0 heterocycles. The number of nitrogens with one attached hydrogen (secondary N) is 1. The van der Waals surface area contributed by atoms with Gasteiger partial charge in [-0.2, -0.15) is 0 Å². The maximum absolute atomic E-state index is 13.3. The number of rotatable bonds is 2. The zero-order valence-corrected chi connectivity index (χ0v) is 8.62. The Bertz CT molecular complexity index is 321. The van der Waals surface area contributed by atoms with Crippen molar-refractivity contribution in [2.24, 2.45) is 0 Å². The van der Waals surface area contributed by atoms with E-state index in [9.17, 15) is 9.50 Å². The van der Waals surface area contributed by atoms with Crippen molar-refractivity contribution in [3.63, 3.8) is 0 Å². The highest BCUT2D eigenvalue weighted by Gasteiger charge is 2.19. The molecule has 0 radical (unpaired) electrons. The largest absolute Gasteiger partial charge is 0.393 e. The molecule has 15 heavy (non-hydrogen) atoms. The fourth-order valence-electron chi connectivity index (χ4n) is 2.02. The predicted octanol–water partition coefficient (Wildman–Crippen LogP) is 2.54. The Labute approximate surface area is 89.1 Å². The zero-order chi connectivity index (χ0) is 10.7. The van der Waals surface area contributed by atoms with Crippen LogP contribution < -0.4 is 5.32 Å². The fourth-order valence-corrected chi connectivity index (χ4v) is 2.02. The monoisotopic (exact) mass is 209 g/mol. The molecular weight excluding hydrogens is 193 g/mol. The van der Waals surface area contributed by atoms with Crippen molar-refractivity contribution in [3.8, 4) is 0 Å². The molecule has 0 amide bonds. The molecule has 0 unspecified atom stereocenters. The summed E-state index contributed by atoms with van der Waals surface area (Å²) in [5, 5.41) is 12.5. The lowest BCUT2D eigenvalue weighted by Gasteiger charge is -2.27. The van der Waals surface area contributed by atoms with Crippen LogP contribution in [0.5, 0.6) is 0 Å². The van der Waals surface area contributed by atoms with Gasteiger partial charge >= 0.3 is 0 Å². The molecule has 1 fully saturated rings.